The van der Waals surface area contributed by atoms with Crippen molar-refractivity contribution >= 4 is 15.8 Å². The SMILES string of the molecule is O=S(=O)(Cc1ccccc1)Nc1ncc(-c2ccccc2)nc1Cc1ccccc1. The highest BCUT2D eigenvalue weighted by atomic mass is 32.2. The molecule has 5 nitrogen and oxygen atoms in total. The summed E-state index contributed by atoms with van der Waals surface area (Å²) in [6.45, 7) is 0. The quantitative estimate of drug-likeness (QED) is 0.476. The van der Waals surface area contributed by atoms with Crippen LogP contribution in [0.5, 0.6) is 0 Å². The molecule has 4 aromatic rings. The van der Waals surface area contributed by atoms with Crippen LogP contribution in [0.4, 0.5) is 5.82 Å². The van der Waals surface area contributed by atoms with Crippen LogP contribution in [-0.4, -0.2) is 18.4 Å². The zero-order chi connectivity index (χ0) is 20.8. The molecule has 1 N–H and O–H groups in total. The van der Waals surface area contributed by atoms with Crippen molar-refractivity contribution in [3.05, 3.63) is 114 Å². The fraction of sp³-hybridized carbons (Fsp3) is 0.0833. The molecule has 150 valence electrons. The molecule has 0 unspecified atom stereocenters. The number of nitrogens with zero attached hydrogens (tertiary/aromatic N) is 2. The van der Waals surface area contributed by atoms with E-state index in [0.29, 0.717) is 23.4 Å². The zero-order valence-electron chi connectivity index (χ0n) is 16.3. The zero-order valence-corrected chi connectivity index (χ0v) is 17.1. The van der Waals surface area contributed by atoms with Gasteiger partial charge < -0.3 is 0 Å². The number of sulfonamides is 1. The Bertz CT molecular complexity index is 1210. The van der Waals surface area contributed by atoms with Crippen molar-refractivity contribution in [3.8, 4) is 11.3 Å². The molecule has 0 atom stereocenters. The van der Waals surface area contributed by atoms with Gasteiger partial charge in [-0.05, 0) is 11.1 Å². The van der Waals surface area contributed by atoms with Gasteiger partial charge in [0.1, 0.15) is 0 Å². The Morgan fingerprint density at radius 3 is 1.93 bits per heavy atom. The van der Waals surface area contributed by atoms with Gasteiger partial charge in [-0.2, -0.15) is 0 Å². The predicted octanol–water partition coefficient (Wildman–Crippen LogP) is 4.68. The number of aromatic nitrogens is 2. The molecule has 30 heavy (non-hydrogen) atoms. The maximum Gasteiger partial charge on any atom is 0.238 e. The summed E-state index contributed by atoms with van der Waals surface area (Å²) >= 11 is 0. The first-order valence-electron chi connectivity index (χ1n) is 9.59. The van der Waals surface area contributed by atoms with E-state index in [2.05, 4.69) is 9.71 Å². The molecule has 0 spiro atoms. The summed E-state index contributed by atoms with van der Waals surface area (Å²) in [5.41, 5.74) is 3.95. The van der Waals surface area contributed by atoms with E-state index in [-0.39, 0.29) is 11.6 Å². The van der Waals surface area contributed by atoms with Crippen LogP contribution in [0.1, 0.15) is 16.8 Å². The lowest BCUT2D eigenvalue weighted by molar-refractivity contribution is 0.600. The van der Waals surface area contributed by atoms with Crippen LogP contribution in [0, 0.1) is 0 Å². The average Bonchev–Trinajstić information content (AvgIpc) is 2.76. The third-order valence-electron chi connectivity index (χ3n) is 4.58. The highest BCUT2D eigenvalue weighted by molar-refractivity contribution is 7.91. The molecule has 0 fully saturated rings. The number of hydrogen-bond acceptors (Lipinski definition) is 4. The second-order valence-corrected chi connectivity index (χ2v) is 8.65. The summed E-state index contributed by atoms with van der Waals surface area (Å²) in [6, 6.07) is 28.6. The highest BCUT2D eigenvalue weighted by Crippen LogP contribution is 2.23. The van der Waals surface area contributed by atoms with Crippen molar-refractivity contribution in [2.45, 2.75) is 12.2 Å². The topological polar surface area (TPSA) is 72.0 Å². The first-order chi connectivity index (χ1) is 14.6. The maximum absolute atomic E-state index is 12.8. The minimum Gasteiger partial charge on any atom is -0.266 e. The molecule has 0 bridgehead atoms. The molecule has 0 amide bonds. The Morgan fingerprint density at radius 2 is 1.30 bits per heavy atom. The molecular formula is C24H21N3O2S. The van der Waals surface area contributed by atoms with Crippen molar-refractivity contribution < 1.29 is 8.42 Å². The molecule has 0 aliphatic rings. The summed E-state index contributed by atoms with van der Waals surface area (Å²) < 4.78 is 28.1. The Balaban J connectivity index is 1.67. The van der Waals surface area contributed by atoms with E-state index in [1.54, 1.807) is 18.3 Å². The Labute approximate surface area is 176 Å². The van der Waals surface area contributed by atoms with Gasteiger partial charge in [0.2, 0.25) is 10.0 Å². The summed E-state index contributed by atoms with van der Waals surface area (Å²) in [5, 5.41) is 0. The number of rotatable bonds is 7. The van der Waals surface area contributed by atoms with E-state index >= 15 is 0 Å². The molecule has 0 aliphatic heterocycles. The fourth-order valence-corrected chi connectivity index (χ4v) is 4.32. The van der Waals surface area contributed by atoms with Crippen LogP contribution in [0.15, 0.2) is 97.2 Å². The Kier molecular flexibility index (Phi) is 5.86. The number of hydrogen-bond donors (Lipinski definition) is 1. The van der Waals surface area contributed by atoms with E-state index in [1.807, 2.05) is 78.9 Å². The number of benzene rings is 3. The molecule has 1 aromatic heterocycles. The van der Waals surface area contributed by atoms with Gasteiger partial charge in [-0.15, -0.1) is 0 Å². The van der Waals surface area contributed by atoms with Crippen molar-refractivity contribution in [1.82, 2.24) is 9.97 Å². The first-order valence-corrected chi connectivity index (χ1v) is 11.2. The Hall–Kier alpha value is -3.51. The van der Waals surface area contributed by atoms with Gasteiger partial charge in [-0.25, -0.2) is 18.4 Å². The molecule has 1 heterocycles. The van der Waals surface area contributed by atoms with Crippen molar-refractivity contribution in [1.29, 1.82) is 0 Å². The van der Waals surface area contributed by atoms with Crippen LogP contribution in [-0.2, 0) is 22.2 Å². The lowest BCUT2D eigenvalue weighted by Crippen LogP contribution is -2.18. The lowest BCUT2D eigenvalue weighted by Gasteiger charge is -2.13. The molecule has 0 saturated heterocycles. The normalized spacial score (nSPS) is 11.2. The van der Waals surface area contributed by atoms with E-state index < -0.39 is 10.0 Å². The summed E-state index contributed by atoms with van der Waals surface area (Å²) in [4.78, 5) is 9.17. The fourth-order valence-electron chi connectivity index (χ4n) is 3.15. The van der Waals surface area contributed by atoms with Gasteiger partial charge >= 0.3 is 0 Å². The van der Waals surface area contributed by atoms with Gasteiger partial charge in [0, 0.05) is 12.0 Å². The largest absolute Gasteiger partial charge is 0.266 e. The monoisotopic (exact) mass is 415 g/mol. The number of nitrogens with one attached hydrogen (secondary N) is 1. The third kappa shape index (κ3) is 5.10. The van der Waals surface area contributed by atoms with Crippen LogP contribution in [0.25, 0.3) is 11.3 Å². The van der Waals surface area contributed by atoms with Crippen LogP contribution in [0.2, 0.25) is 0 Å². The summed E-state index contributed by atoms with van der Waals surface area (Å²) in [6.07, 6.45) is 2.07. The molecule has 0 aliphatic carbocycles. The van der Waals surface area contributed by atoms with Crippen molar-refractivity contribution in [2.75, 3.05) is 4.72 Å². The van der Waals surface area contributed by atoms with Gasteiger partial charge in [0.05, 0.1) is 23.3 Å². The molecule has 0 radical (unpaired) electrons. The van der Waals surface area contributed by atoms with Crippen molar-refractivity contribution in [2.24, 2.45) is 0 Å². The Morgan fingerprint density at radius 1 is 0.733 bits per heavy atom. The maximum atomic E-state index is 12.8. The molecular weight excluding hydrogens is 394 g/mol. The molecule has 4 rings (SSSR count). The van der Waals surface area contributed by atoms with E-state index in [0.717, 1.165) is 11.1 Å². The summed E-state index contributed by atoms with van der Waals surface area (Å²) in [7, 11) is -3.63. The minimum atomic E-state index is -3.63. The average molecular weight is 416 g/mol. The first kappa shape index (κ1) is 19.8. The van der Waals surface area contributed by atoms with Crippen LogP contribution in [0.3, 0.4) is 0 Å². The summed E-state index contributed by atoms with van der Waals surface area (Å²) in [5.74, 6) is 0.134. The van der Waals surface area contributed by atoms with Crippen LogP contribution < -0.4 is 4.72 Å². The molecule has 3 aromatic carbocycles. The predicted molar refractivity (Wildman–Crippen MR) is 119 cm³/mol. The number of anilines is 1. The molecule has 6 heteroatoms. The highest BCUT2D eigenvalue weighted by Gasteiger charge is 2.17. The van der Waals surface area contributed by atoms with Gasteiger partial charge in [0.25, 0.3) is 0 Å². The van der Waals surface area contributed by atoms with Gasteiger partial charge in [-0.1, -0.05) is 91.0 Å². The smallest absolute Gasteiger partial charge is 0.238 e. The second kappa shape index (κ2) is 8.88. The molecule has 0 saturated carbocycles. The van der Waals surface area contributed by atoms with E-state index in [4.69, 9.17) is 4.98 Å². The van der Waals surface area contributed by atoms with Gasteiger partial charge in [0.15, 0.2) is 5.82 Å². The third-order valence-corrected chi connectivity index (χ3v) is 5.80. The van der Waals surface area contributed by atoms with Crippen LogP contribution >= 0.6 is 0 Å². The lowest BCUT2D eigenvalue weighted by atomic mass is 10.1. The van der Waals surface area contributed by atoms with E-state index in [1.165, 1.54) is 0 Å². The van der Waals surface area contributed by atoms with Crippen molar-refractivity contribution in [3.63, 3.8) is 0 Å². The second-order valence-electron chi connectivity index (χ2n) is 6.93. The van der Waals surface area contributed by atoms with E-state index in [9.17, 15) is 8.42 Å². The minimum absolute atomic E-state index is 0.124. The van der Waals surface area contributed by atoms with Gasteiger partial charge in [-0.3, -0.25) is 4.72 Å². The standard InChI is InChI=1S/C24H21N3O2S/c28-30(29,18-20-12-6-2-7-13-20)27-24-22(16-19-10-4-1-5-11-19)26-23(17-25-24)21-14-8-3-9-15-21/h1-15,17H,16,18H2,(H,25,27).